The molecule has 0 saturated heterocycles. The zero-order chi connectivity index (χ0) is 8.55. The van der Waals surface area contributed by atoms with Gasteiger partial charge in [-0.15, -0.1) is 12.6 Å². The van der Waals surface area contributed by atoms with Gasteiger partial charge >= 0.3 is 0 Å². The van der Waals surface area contributed by atoms with Gasteiger partial charge in [0.25, 0.3) is 0 Å². The molecule has 0 fully saturated rings. The summed E-state index contributed by atoms with van der Waals surface area (Å²) in [4.78, 5) is 0.972. The average molecular weight is 170 g/mol. The van der Waals surface area contributed by atoms with Crippen molar-refractivity contribution >= 4 is 36.7 Å². The molecule has 0 N–H and O–H groups in total. The third kappa shape index (κ3) is 1.12. The van der Waals surface area contributed by atoms with Gasteiger partial charge in [0.2, 0.25) is 0 Å². The molecule has 2 heteroatoms. The maximum absolute atomic E-state index is 5.79. The van der Waals surface area contributed by atoms with Gasteiger partial charge in [0, 0.05) is 4.90 Å². The summed E-state index contributed by atoms with van der Waals surface area (Å²) in [5, 5.41) is 2.19. The Morgan fingerprint density at radius 1 is 0.917 bits per heavy atom. The van der Waals surface area contributed by atoms with E-state index < -0.39 is 0 Å². The molecule has 0 amide bonds. The molecule has 2 aromatic rings. The average Bonchev–Trinajstić information content (AvgIpc) is 2.12. The number of hydrogen-bond acceptors (Lipinski definition) is 1. The lowest BCUT2D eigenvalue weighted by molar-refractivity contribution is 1.58. The summed E-state index contributed by atoms with van der Waals surface area (Å²) in [5.74, 6) is 0. The standard InChI is InChI=1S/C10H7BS/c11-9-5-6-10(12)8-4-2-1-3-7(8)9/h1-6,12H. The van der Waals surface area contributed by atoms with E-state index >= 15 is 0 Å². The van der Waals surface area contributed by atoms with Crippen LogP contribution in [0.25, 0.3) is 10.8 Å². The van der Waals surface area contributed by atoms with Crippen molar-refractivity contribution in [2.24, 2.45) is 0 Å². The Bertz CT molecular complexity index is 383. The first-order valence-electron chi connectivity index (χ1n) is 3.75. The number of hydrogen-bond donors (Lipinski definition) is 1. The minimum Gasteiger partial charge on any atom is -0.143 e. The molecular formula is C10H7BS. The van der Waals surface area contributed by atoms with E-state index in [1.807, 2.05) is 36.4 Å². The van der Waals surface area contributed by atoms with Crippen LogP contribution in [0.3, 0.4) is 0 Å². The third-order valence-electron chi connectivity index (χ3n) is 1.93. The quantitative estimate of drug-likeness (QED) is 0.453. The van der Waals surface area contributed by atoms with Crippen molar-refractivity contribution in [3.8, 4) is 0 Å². The second-order valence-corrected chi connectivity index (χ2v) is 3.20. The molecule has 0 heterocycles. The lowest BCUT2D eigenvalue weighted by atomic mass is 9.90. The summed E-state index contributed by atoms with van der Waals surface area (Å²) in [6.07, 6.45) is 0. The summed E-state index contributed by atoms with van der Waals surface area (Å²) >= 11 is 4.34. The molecule has 0 aliphatic rings. The van der Waals surface area contributed by atoms with Crippen LogP contribution in [-0.2, 0) is 0 Å². The summed E-state index contributed by atoms with van der Waals surface area (Å²) in [6, 6.07) is 11.8. The van der Waals surface area contributed by atoms with Gasteiger partial charge in [-0.2, -0.15) is 0 Å². The van der Waals surface area contributed by atoms with Gasteiger partial charge in [-0.05, 0) is 16.8 Å². The monoisotopic (exact) mass is 170 g/mol. The number of rotatable bonds is 0. The molecular weight excluding hydrogens is 163 g/mol. The van der Waals surface area contributed by atoms with Crippen molar-refractivity contribution in [3.63, 3.8) is 0 Å². The number of fused-ring (bicyclic) bond motifs is 1. The number of benzene rings is 2. The molecule has 0 spiro atoms. The van der Waals surface area contributed by atoms with Crippen molar-refractivity contribution in [2.45, 2.75) is 4.90 Å². The van der Waals surface area contributed by atoms with Gasteiger partial charge in [0.05, 0.1) is 0 Å². The first kappa shape index (κ1) is 7.75. The summed E-state index contributed by atoms with van der Waals surface area (Å²) in [5.41, 5.74) is 0.809. The lowest BCUT2D eigenvalue weighted by Crippen LogP contribution is -2.02. The fourth-order valence-corrected chi connectivity index (χ4v) is 1.58. The number of thiol groups is 1. The van der Waals surface area contributed by atoms with E-state index in [9.17, 15) is 0 Å². The van der Waals surface area contributed by atoms with Crippen LogP contribution < -0.4 is 5.46 Å². The Kier molecular flexibility index (Phi) is 1.85. The SMILES string of the molecule is [B]c1ccc(S)c2ccccc12. The molecule has 0 aromatic heterocycles. The van der Waals surface area contributed by atoms with Gasteiger partial charge in [-0.1, -0.05) is 35.8 Å². The Labute approximate surface area is 78.4 Å². The van der Waals surface area contributed by atoms with Crippen LogP contribution in [0.5, 0.6) is 0 Å². The highest BCUT2D eigenvalue weighted by Gasteiger charge is 1.97. The van der Waals surface area contributed by atoms with E-state index in [4.69, 9.17) is 7.85 Å². The van der Waals surface area contributed by atoms with E-state index in [0.29, 0.717) is 0 Å². The van der Waals surface area contributed by atoms with E-state index in [1.54, 1.807) is 0 Å². The lowest BCUT2D eigenvalue weighted by Gasteiger charge is -2.03. The topological polar surface area (TPSA) is 0 Å². The molecule has 0 atom stereocenters. The Morgan fingerprint density at radius 3 is 2.25 bits per heavy atom. The summed E-state index contributed by atoms with van der Waals surface area (Å²) in [7, 11) is 5.79. The maximum Gasteiger partial charge on any atom is 0.114 e. The molecule has 0 nitrogen and oxygen atoms in total. The Hall–Kier alpha value is -0.885. The fraction of sp³-hybridized carbons (Fsp3) is 0. The van der Waals surface area contributed by atoms with Crippen molar-refractivity contribution in [2.75, 3.05) is 0 Å². The fourth-order valence-electron chi connectivity index (χ4n) is 1.31. The molecule has 12 heavy (non-hydrogen) atoms. The van der Waals surface area contributed by atoms with Crippen LogP contribution in [0, 0.1) is 0 Å². The third-order valence-corrected chi connectivity index (χ3v) is 2.32. The minimum atomic E-state index is 0.809. The van der Waals surface area contributed by atoms with E-state index in [0.717, 1.165) is 21.1 Å². The van der Waals surface area contributed by atoms with E-state index in [1.165, 1.54) is 0 Å². The van der Waals surface area contributed by atoms with Gasteiger partial charge in [-0.25, -0.2) is 0 Å². The normalized spacial score (nSPS) is 10.4. The van der Waals surface area contributed by atoms with Crippen LogP contribution in [0.1, 0.15) is 0 Å². The van der Waals surface area contributed by atoms with Crippen LogP contribution >= 0.6 is 12.6 Å². The van der Waals surface area contributed by atoms with Gasteiger partial charge < -0.3 is 0 Å². The Balaban J connectivity index is 2.95. The molecule has 0 aliphatic heterocycles. The molecule has 0 aliphatic carbocycles. The zero-order valence-electron chi connectivity index (χ0n) is 6.49. The van der Waals surface area contributed by atoms with Crippen LogP contribution in [0.2, 0.25) is 0 Å². The first-order chi connectivity index (χ1) is 5.79. The van der Waals surface area contributed by atoms with Crippen molar-refractivity contribution < 1.29 is 0 Å². The first-order valence-corrected chi connectivity index (χ1v) is 4.20. The van der Waals surface area contributed by atoms with Crippen molar-refractivity contribution in [1.82, 2.24) is 0 Å². The highest BCUT2D eigenvalue weighted by atomic mass is 32.1. The highest BCUT2D eigenvalue weighted by molar-refractivity contribution is 7.80. The summed E-state index contributed by atoms with van der Waals surface area (Å²) < 4.78 is 0. The van der Waals surface area contributed by atoms with Crippen molar-refractivity contribution in [3.05, 3.63) is 36.4 Å². The second-order valence-electron chi connectivity index (χ2n) is 2.72. The van der Waals surface area contributed by atoms with Gasteiger partial charge in [-0.3, -0.25) is 0 Å². The molecule has 2 radical (unpaired) electrons. The maximum atomic E-state index is 5.79. The summed E-state index contributed by atoms with van der Waals surface area (Å²) in [6.45, 7) is 0. The molecule has 2 rings (SSSR count). The van der Waals surface area contributed by atoms with E-state index in [2.05, 4.69) is 12.6 Å². The van der Waals surface area contributed by atoms with Crippen LogP contribution in [0.15, 0.2) is 41.3 Å². The largest absolute Gasteiger partial charge is 0.143 e. The molecule has 2 aromatic carbocycles. The second kappa shape index (κ2) is 2.87. The van der Waals surface area contributed by atoms with Crippen LogP contribution in [0.4, 0.5) is 0 Å². The Morgan fingerprint density at radius 2 is 1.58 bits per heavy atom. The predicted octanol–water partition coefficient (Wildman–Crippen LogP) is 1.92. The predicted molar refractivity (Wildman–Crippen MR) is 56.6 cm³/mol. The van der Waals surface area contributed by atoms with Crippen LogP contribution in [-0.4, -0.2) is 7.85 Å². The molecule has 0 unspecified atom stereocenters. The van der Waals surface area contributed by atoms with Gasteiger partial charge in [0.1, 0.15) is 7.85 Å². The smallest absolute Gasteiger partial charge is 0.114 e. The molecule has 0 bridgehead atoms. The molecule has 56 valence electrons. The van der Waals surface area contributed by atoms with Crippen molar-refractivity contribution in [1.29, 1.82) is 0 Å². The zero-order valence-corrected chi connectivity index (χ0v) is 7.38. The molecule has 0 saturated carbocycles. The highest BCUT2D eigenvalue weighted by Crippen LogP contribution is 2.18. The van der Waals surface area contributed by atoms with E-state index in [-0.39, 0.29) is 0 Å². The van der Waals surface area contributed by atoms with Gasteiger partial charge in [0.15, 0.2) is 0 Å². The minimum absolute atomic E-state index is 0.809.